The summed E-state index contributed by atoms with van der Waals surface area (Å²) >= 11 is 3.60. The van der Waals surface area contributed by atoms with Gasteiger partial charge in [-0.3, -0.25) is 0 Å². The predicted octanol–water partition coefficient (Wildman–Crippen LogP) is 1.10. The molecule has 0 N–H and O–H groups in total. The summed E-state index contributed by atoms with van der Waals surface area (Å²) in [5.74, 6) is 0. The third kappa shape index (κ3) is 2.91. The average molecular weight is 121 g/mol. The van der Waals surface area contributed by atoms with Crippen LogP contribution in [-0.2, 0) is 4.28 Å². The van der Waals surface area contributed by atoms with Crippen molar-refractivity contribution >= 4 is 12.9 Å². The van der Waals surface area contributed by atoms with E-state index in [9.17, 15) is 0 Å². The molecule has 0 aliphatic rings. The zero-order valence-electron chi connectivity index (χ0n) is 4.72. The van der Waals surface area contributed by atoms with Gasteiger partial charge in [-0.25, -0.2) is 4.28 Å². The molecular formula is C4H11NOS. The van der Waals surface area contributed by atoms with E-state index in [1.165, 1.54) is 0 Å². The molecule has 0 unspecified atom stereocenters. The Labute approximate surface area is 50.0 Å². The zero-order valence-corrected chi connectivity index (χ0v) is 5.61. The maximum Gasteiger partial charge on any atom is 0.0224 e. The second kappa shape index (κ2) is 4.43. The van der Waals surface area contributed by atoms with Crippen LogP contribution in [0.1, 0.15) is 13.8 Å². The van der Waals surface area contributed by atoms with Crippen LogP contribution in [0.2, 0.25) is 0 Å². The van der Waals surface area contributed by atoms with E-state index in [1.54, 1.807) is 5.06 Å². The maximum atomic E-state index is 4.58. The smallest absolute Gasteiger partial charge is 0.0224 e. The number of hydrogen-bond acceptors (Lipinski definition) is 3. The van der Waals surface area contributed by atoms with Crippen molar-refractivity contribution in [1.29, 1.82) is 0 Å². The number of nitrogens with zero attached hydrogens (tertiary/aromatic N) is 1. The van der Waals surface area contributed by atoms with E-state index in [-0.39, 0.29) is 0 Å². The minimum absolute atomic E-state index is 0.889. The number of rotatable bonds is 3. The van der Waals surface area contributed by atoms with Crippen molar-refractivity contribution in [2.75, 3.05) is 13.1 Å². The quantitative estimate of drug-likeness (QED) is 0.341. The van der Waals surface area contributed by atoms with Gasteiger partial charge in [0.1, 0.15) is 0 Å². The van der Waals surface area contributed by atoms with Crippen LogP contribution in [-0.4, -0.2) is 18.2 Å². The van der Waals surface area contributed by atoms with Gasteiger partial charge in [0.25, 0.3) is 0 Å². The fourth-order valence-corrected chi connectivity index (χ4v) is 0.570. The first-order valence-corrected chi connectivity index (χ1v) is 2.78. The first-order chi connectivity index (χ1) is 3.35. The summed E-state index contributed by atoms with van der Waals surface area (Å²) < 4.78 is 4.58. The molecule has 0 saturated heterocycles. The van der Waals surface area contributed by atoms with E-state index in [0.29, 0.717) is 0 Å². The lowest BCUT2D eigenvalue weighted by Gasteiger charge is -2.11. The molecule has 0 aromatic carbocycles. The van der Waals surface area contributed by atoms with E-state index < -0.39 is 0 Å². The first-order valence-electron chi connectivity index (χ1n) is 2.41. The van der Waals surface area contributed by atoms with Crippen molar-refractivity contribution in [2.45, 2.75) is 13.8 Å². The third-order valence-electron chi connectivity index (χ3n) is 0.821. The topological polar surface area (TPSA) is 12.5 Å². The van der Waals surface area contributed by atoms with Crippen molar-refractivity contribution in [3.8, 4) is 0 Å². The van der Waals surface area contributed by atoms with Crippen molar-refractivity contribution in [2.24, 2.45) is 0 Å². The van der Waals surface area contributed by atoms with Gasteiger partial charge >= 0.3 is 0 Å². The molecule has 0 aromatic rings. The summed E-state index contributed by atoms with van der Waals surface area (Å²) in [6.45, 7) is 5.80. The Bertz CT molecular complexity index is 33.2. The Morgan fingerprint density at radius 3 is 1.86 bits per heavy atom. The minimum atomic E-state index is 0.889. The van der Waals surface area contributed by atoms with Gasteiger partial charge in [-0.1, -0.05) is 13.8 Å². The van der Waals surface area contributed by atoms with Gasteiger partial charge < -0.3 is 0 Å². The fraction of sp³-hybridized carbons (Fsp3) is 1.00. The average Bonchev–Trinajstić information content (AvgIpc) is 1.72. The summed E-state index contributed by atoms with van der Waals surface area (Å²) in [5, 5.41) is 1.74. The molecular weight excluding hydrogens is 110 g/mol. The van der Waals surface area contributed by atoms with E-state index in [4.69, 9.17) is 0 Å². The lowest BCUT2D eigenvalue weighted by atomic mass is 10.6. The molecule has 0 amide bonds. The molecule has 2 nitrogen and oxygen atoms in total. The van der Waals surface area contributed by atoms with Crippen LogP contribution in [0.25, 0.3) is 0 Å². The van der Waals surface area contributed by atoms with Crippen molar-refractivity contribution in [1.82, 2.24) is 5.06 Å². The molecule has 44 valence electrons. The molecule has 0 saturated carbocycles. The Kier molecular flexibility index (Phi) is 4.60. The highest BCUT2D eigenvalue weighted by atomic mass is 32.1. The lowest BCUT2D eigenvalue weighted by Crippen LogP contribution is -2.18. The predicted molar refractivity (Wildman–Crippen MR) is 33.0 cm³/mol. The second-order valence-corrected chi connectivity index (χ2v) is 1.36. The Balaban J connectivity index is 2.99. The summed E-state index contributed by atoms with van der Waals surface area (Å²) in [6, 6.07) is 0. The van der Waals surface area contributed by atoms with E-state index in [0.717, 1.165) is 13.1 Å². The summed E-state index contributed by atoms with van der Waals surface area (Å²) in [6.07, 6.45) is 0. The molecule has 7 heavy (non-hydrogen) atoms. The molecule has 0 atom stereocenters. The van der Waals surface area contributed by atoms with Gasteiger partial charge in [-0.05, 0) is 12.9 Å². The monoisotopic (exact) mass is 121 g/mol. The Hall–Kier alpha value is 0.270. The molecule has 0 radical (unpaired) electrons. The zero-order chi connectivity index (χ0) is 5.70. The number of hydroxylamine groups is 2. The van der Waals surface area contributed by atoms with E-state index in [2.05, 4.69) is 17.2 Å². The van der Waals surface area contributed by atoms with Crippen molar-refractivity contribution in [3.63, 3.8) is 0 Å². The van der Waals surface area contributed by atoms with Gasteiger partial charge in [-0.15, -0.1) is 0 Å². The molecule has 0 aliphatic carbocycles. The van der Waals surface area contributed by atoms with Crippen LogP contribution in [0.4, 0.5) is 0 Å². The fourth-order valence-electron chi connectivity index (χ4n) is 0.339. The van der Waals surface area contributed by atoms with E-state index in [1.807, 2.05) is 13.8 Å². The Morgan fingerprint density at radius 2 is 1.86 bits per heavy atom. The van der Waals surface area contributed by atoms with Gasteiger partial charge in [0.15, 0.2) is 0 Å². The molecule has 0 fully saturated rings. The summed E-state index contributed by atoms with van der Waals surface area (Å²) in [5.41, 5.74) is 0. The normalized spacial score (nSPS) is 10.3. The van der Waals surface area contributed by atoms with Crippen LogP contribution >= 0.6 is 12.9 Å². The van der Waals surface area contributed by atoms with E-state index >= 15 is 0 Å². The van der Waals surface area contributed by atoms with Crippen molar-refractivity contribution in [3.05, 3.63) is 0 Å². The minimum Gasteiger partial charge on any atom is -0.232 e. The standard InChI is InChI=1S/C4H11NOS/c1-3-5(4-2)6-7/h7H,3-4H2,1-2H3. The molecule has 0 aliphatic heterocycles. The second-order valence-electron chi connectivity index (χ2n) is 1.20. The van der Waals surface area contributed by atoms with Crippen LogP contribution < -0.4 is 0 Å². The SMILES string of the molecule is CCN(CC)OS. The number of thiol groups is 1. The van der Waals surface area contributed by atoms with Crippen molar-refractivity contribution < 1.29 is 4.28 Å². The summed E-state index contributed by atoms with van der Waals surface area (Å²) in [4.78, 5) is 0. The highest BCUT2D eigenvalue weighted by Crippen LogP contribution is 1.89. The van der Waals surface area contributed by atoms with Gasteiger partial charge in [0.05, 0.1) is 0 Å². The van der Waals surface area contributed by atoms with Crippen LogP contribution in [0.5, 0.6) is 0 Å². The lowest BCUT2D eigenvalue weighted by molar-refractivity contribution is -0.0231. The summed E-state index contributed by atoms with van der Waals surface area (Å²) in [7, 11) is 0. The molecule has 3 heteroatoms. The Morgan fingerprint density at radius 1 is 1.43 bits per heavy atom. The molecule has 0 rings (SSSR count). The van der Waals surface area contributed by atoms with Gasteiger partial charge in [0, 0.05) is 13.1 Å². The highest BCUT2D eigenvalue weighted by Gasteiger charge is 1.91. The molecule has 0 bridgehead atoms. The van der Waals surface area contributed by atoms with Gasteiger partial charge in [-0.2, -0.15) is 5.06 Å². The maximum absolute atomic E-state index is 4.58. The van der Waals surface area contributed by atoms with Crippen LogP contribution in [0, 0.1) is 0 Å². The molecule has 0 aromatic heterocycles. The third-order valence-corrected chi connectivity index (χ3v) is 1.05. The van der Waals surface area contributed by atoms with Gasteiger partial charge in [0.2, 0.25) is 0 Å². The molecule has 0 heterocycles. The largest absolute Gasteiger partial charge is 0.232 e. The first kappa shape index (κ1) is 7.27. The molecule has 0 spiro atoms. The van der Waals surface area contributed by atoms with Crippen LogP contribution in [0.3, 0.4) is 0 Å². The van der Waals surface area contributed by atoms with Crippen LogP contribution in [0.15, 0.2) is 0 Å². The number of hydrogen-bond donors (Lipinski definition) is 1. The highest BCUT2D eigenvalue weighted by molar-refractivity contribution is 7.75.